The topological polar surface area (TPSA) is 363 Å². The van der Waals surface area contributed by atoms with E-state index in [1.165, 1.54) is 26.4 Å². The van der Waals surface area contributed by atoms with Gasteiger partial charge in [0, 0.05) is 56.1 Å². The van der Waals surface area contributed by atoms with E-state index in [2.05, 4.69) is 82.8 Å². The number of carbonyl (C=O) groups excluding carboxylic acids is 8. The van der Waals surface area contributed by atoms with Gasteiger partial charge in [-0.3, -0.25) is 43.3 Å². The molecule has 1 heterocycles. The lowest BCUT2D eigenvalue weighted by Crippen LogP contribution is -2.60. The Balaban J connectivity index is 1.43. The van der Waals surface area contributed by atoms with Crippen molar-refractivity contribution in [2.75, 3.05) is 18.1 Å². The molecule has 0 saturated heterocycles. The van der Waals surface area contributed by atoms with E-state index in [-0.39, 0.29) is 56.1 Å². The molecule has 1 aromatic heterocycles. The van der Waals surface area contributed by atoms with E-state index in [1.807, 2.05) is 79.7 Å². The Morgan fingerprint density at radius 3 is 1.48 bits per heavy atom. The van der Waals surface area contributed by atoms with E-state index in [9.17, 15) is 48.3 Å². The Labute approximate surface area is 474 Å². The molecule has 80 heavy (non-hydrogen) atoms. The van der Waals surface area contributed by atoms with Crippen molar-refractivity contribution < 1.29 is 48.3 Å². The van der Waals surface area contributed by atoms with Crippen LogP contribution in [0.5, 0.6) is 0 Å². The number of thiol groups is 2. The van der Waals surface area contributed by atoms with Crippen LogP contribution in [0.25, 0.3) is 21.5 Å². The number of aliphatic imine (C=N–C) groups is 1. The van der Waals surface area contributed by atoms with E-state index in [0.717, 1.165) is 28.0 Å². The number of guanidine groups is 1. The highest BCUT2D eigenvalue weighted by atomic mass is 32.1. The Kier molecular flexibility index (Phi) is 24.6. The summed E-state index contributed by atoms with van der Waals surface area (Å²) in [6, 6.07) is 15.5. The summed E-state index contributed by atoms with van der Waals surface area (Å²) in [6.07, 6.45) is 4.17. The summed E-state index contributed by atoms with van der Waals surface area (Å²) in [5, 5.41) is 34.4. The molecule has 0 aliphatic carbocycles. The van der Waals surface area contributed by atoms with Crippen molar-refractivity contribution in [2.45, 2.75) is 120 Å². The molecule has 5 rings (SSSR count). The van der Waals surface area contributed by atoms with Gasteiger partial charge in [0.2, 0.25) is 47.3 Å². The van der Waals surface area contributed by atoms with Crippen molar-refractivity contribution in [2.24, 2.45) is 16.5 Å². The highest BCUT2D eigenvalue weighted by molar-refractivity contribution is 7.80. The highest BCUT2D eigenvalue weighted by Gasteiger charge is 2.34. The van der Waals surface area contributed by atoms with Crippen LogP contribution in [0.15, 0.2) is 102 Å². The first kappa shape index (κ1) is 62.7. The number of nitrogens with two attached hydrogens (primary N) is 2. The number of aromatic nitrogens is 2. The van der Waals surface area contributed by atoms with Gasteiger partial charge >= 0.3 is 5.97 Å². The molecule has 8 amide bonds. The molecular weight excluding hydrogens is 1070 g/mol. The minimum atomic E-state index is -1.43. The van der Waals surface area contributed by atoms with Crippen molar-refractivity contribution in [3.8, 4) is 0 Å². The normalized spacial score (nSPS) is 14.1. The number of fused-ring (bicyclic) bond motifs is 2. The zero-order valence-corrected chi connectivity index (χ0v) is 46.5. The van der Waals surface area contributed by atoms with E-state index >= 15 is 0 Å². The SMILES string of the molecule is CCCC[C@H](NC(C)=O)C(=O)N[C@@H](CS)C(=O)N[C@H](C)C(=O)N[C@@H](Cc1cnc[nH]1)C(=O)N[C@H](Cc1ccc2ccccc2c1)C(=O)N[C@@H](CCCN=C(N)N)C(=O)N[C@@H](Cc1ccc2ccccc2c1)C(=O)N[C@@H](CS)C(=O)O. The lowest BCUT2D eigenvalue weighted by molar-refractivity contribution is -0.141. The summed E-state index contributed by atoms with van der Waals surface area (Å²) in [4.78, 5) is 134. The Hall–Kier alpha value is -8.19. The van der Waals surface area contributed by atoms with Gasteiger partial charge in [-0.25, -0.2) is 9.78 Å². The molecule has 8 atom stereocenters. The summed E-state index contributed by atoms with van der Waals surface area (Å²) < 4.78 is 0. The first-order chi connectivity index (χ1) is 38.3. The number of carboxylic acids is 1. The van der Waals surface area contributed by atoms with E-state index in [4.69, 9.17) is 11.5 Å². The van der Waals surface area contributed by atoms with Crippen LogP contribution in [0, 0.1) is 0 Å². The van der Waals surface area contributed by atoms with Crippen LogP contribution < -0.4 is 54.0 Å². The molecule has 14 N–H and O–H groups in total. The van der Waals surface area contributed by atoms with Crippen LogP contribution in [0.4, 0.5) is 0 Å². The molecule has 0 aliphatic rings. The fourth-order valence-electron chi connectivity index (χ4n) is 8.56. The maximum atomic E-state index is 14.9. The molecular formula is C55H71N13O10S2. The number of H-pyrrole nitrogens is 1. The van der Waals surface area contributed by atoms with Gasteiger partial charge in [0.25, 0.3) is 0 Å². The number of aliphatic carboxylic acids is 1. The molecule has 0 spiro atoms. The van der Waals surface area contributed by atoms with Crippen molar-refractivity contribution in [3.63, 3.8) is 0 Å². The maximum Gasteiger partial charge on any atom is 0.327 e. The second kappa shape index (κ2) is 31.4. The Bertz CT molecular complexity index is 3000. The third-order valence-electron chi connectivity index (χ3n) is 12.9. The van der Waals surface area contributed by atoms with Crippen LogP contribution in [-0.4, -0.2) is 141 Å². The zero-order valence-electron chi connectivity index (χ0n) is 44.7. The van der Waals surface area contributed by atoms with Gasteiger partial charge in [-0.1, -0.05) is 105 Å². The first-order valence-electron chi connectivity index (χ1n) is 26.1. The number of nitrogens with zero attached hydrogens (tertiary/aromatic N) is 2. The van der Waals surface area contributed by atoms with Crippen LogP contribution in [0.3, 0.4) is 0 Å². The number of carbonyl (C=O) groups is 9. The number of rotatable bonds is 31. The van der Waals surface area contributed by atoms with Crippen molar-refractivity contribution in [3.05, 3.63) is 114 Å². The minimum Gasteiger partial charge on any atom is -0.480 e. The number of amides is 8. The van der Waals surface area contributed by atoms with Gasteiger partial charge in [-0.05, 0) is 58.9 Å². The number of hydrogen-bond donors (Lipinski definition) is 14. The first-order valence-corrected chi connectivity index (χ1v) is 27.4. The monoisotopic (exact) mass is 1140 g/mol. The number of aromatic amines is 1. The van der Waals surface area contributed by atoms with Gasteiger partial charge in [-0.2, -0.15) is 25.3 Å². The fourth-order valence-corrected chi connectivity index (χ4v) is 9.06. The molecule has 4 aromatic carbocycles. The summed E-state index contributed by atoms with van der Waals surface area (Å²) >= 11 is 8.34. The third-order valence-corrected chi connectivity index (χ3v) is 13.6. The van der Waals surface area contributed by atoms with Crippen molar-refractivity contribution >= 4 is 106 Å². The number of carboxylic acid groups (broad SMARTS) is 1. The highest BCUT2D eigenvalue weighted by Crippen LogP contribution is 2.19. The molecule has 0 unspecified atom stereocenters. The van der Waals surface area contributed by atoms with Gasteiger partial charge in [0.05, 0.1) is 6.33 Å². The summed E-state index contributed by atoms with van der Waals surface area (Å²) in [6.45, 7) is 4.61. The van der Waals surface area contributed by atoms with E-state index in [0.29, 0.717) is 29.7 Å². The molecule has 5 aromatic rings. The second-order valence-electron chi connectivity index (χ2n) is 19.2. The second-order valence-corrected chi connectivity index (χ2v) is 19.9. The smallest absolute Gasteiger partial charge is 0.327 e. The minimum absolute atomic E-state index is 0.0401. The van der Waals surface area contributed by atoms with Crippen LogP contribution in [-0.2, 0) is 62.4 Å². The summed E-state index contributed by atoms with van der Waals surface area (Å²) in [5.41, 5.74) is 12.8. The lowest BCUT2D eigenvalue weighted by atomic mass is 9.99. The zero-order chi connectivity index (χ0) is 58.3. The summed E-state index contributed by atoms with van der Waals surface area (Å²) in [5.74, 6) is -7.96. The number of unbranched alkanes of at least 4 members (excludes halogenated alkanes) is 1. The predicted molar refractivity (Wildman–Crippen MR) is 309 cm³/mol. The average molecular weight is 1140 g/mol. The third kappa shape index (κ3) is 19.6. The Morgan fingerprint density at radius 1 is 0.562 bits per heavy atom. The summed E-state index contributed by atoms with van der Waals surface area (Å²) in [7, 11) is 0. The lowest BCUT2D eigenvalue weighted by Gasteiger charge is -2.27. The van der Waals surface area contributed by atoms with Gasteiger partial charge < -0.3 is 64.1 Å². The number of benzene rings is 4. The van der Waals surface area contributed by atoms with Crippen LogP contribution in [0.2, 0.25) is 0 Å². The molecule has 0 radical (unpaired) electrons. The molecule has 0 aliphatic heterocycles. The fraction of sp³-hybridized carbons (Fsp3) is 0.400. The molecule has 23 nitrogen and oxygen atoms in total. The van der Waals surface area contributed by atoms with E-state index in [1.54, 1.807) is 12.1 Å². The molecule has 428 valence electrons. The van der Waals surface area contributed by atoms with Gasteiger partial charge in [0.1, 0.15) is 48.3 Å². The Morgan fingerprint density at radius 2 is 1.00 bits per heavy atom. The number of imidazole rings is 1. The van der Waals surface area contributed by atoms with Crippen LogP contribution in [0.1, 0.15) is 69.7 Å². The standard InChI is InChI=1S/C55H71N13O10S2/c1-4-5-15-40(62-32(3)69)48(71)67-45(28-79)53(76)61-31(2)47(70)64-44(26-39-27-58-30-60-39)52(75)66-42(24-33-17-19-35-11-6-8-13-37(35)22-33)50(73)63-41(16-10-21-59-55(56)57)49(72)65-43(51(74)68-46(29-80)54(77)78)25-34-18-20-36-12-7-9-14-38(36)23-34/h6-9,11-14,17-20,22-23,27,30-31,40-46,79-80H,4-5,10,15-16,21,24-26,28-29H2,1-3H3,(H,58,60)(H,61,76)(H,62,69)(H,63,73)(H,64,70)(H,65,72)(H,66,75)(H,67,71)(H,68,74)(H,77,78)(H4,56,57,59)/t31-,40+,41+,42-,43+,44+,45+,46+/m1/s1. The van der Waals surface area contributed by atoms with Crippen LogP contribution >= 0.6 is 25.3 Å². The number of hydrogen-bond acceptors (Lipinski definition) is 13. The maximum absolute atomic E-state index is 14.9. The molecule has 25 heteroatoms. The quantitative estimate of drug-likeness (QED) is 0.0127. The van der Waals surface area contributed by atoms with Gasteiger partial charge in [-0.15, -0.1) is 0 Å². The van der Waals surface area contributed by atoms with E-state index < -0.39 is 102 Å². The van der Waals surface area contributed by atoms with Crippen molar-refractivity contribution in [1.82, 2.24) is 52.5 Å². The molecule has 0 bridgehead atoms. The number of nitrogens with one attached hydrogen (secondary N) is 9. The molecule has 0 fully saturated rings. The average Bonchev–Trinajstić information content (AvgIpc) is 3.97. The van der Waals surface area contributed by atoms with Gasteiger partial charge in [0.15, 0.2) is 5.96 Å². The van der Waals surface area contributed by atoms with Crippen molar-refractivity contribution in [1.29, 1.82) is 0 Å². The predicted octanol–water partition coefficient (Wildman–Crippen LogP) is 0.850. The molecule has 0 saturated carbocycles. The largest absolute Gasteiger partial charge is 0.480 e.